The van der Waals surface area contributed by atoms with Gasteiger partial charge in [0.2, 0.25) is 0 Å². The van der Waals surface area contributed by atoms with Crippen LogP contribution in [0.25, 0.3) is 0 Å². The van der Waals surface area contributed by atoms with Crippen molar-refractivity contribution in [2.75, 3.05) is 13.1 Å². The highest BCUT2D eigenvalue weighted by molar-refractivity contribution is 9.10. The van der Waals surface area contributed by atoms with Gasteiger partial charge in [-0.05, 0) is 46.3 Å². The molecule has 0 bridgehead atoms. The van der Waals surface area contributed by atoms with E-state index in [1.807, 2.05) is 10.8 Å². The number of piperidine rings is 1. The van der Waals surface area contributed by atoms with Crippen LogP contribution in [0.1, 0.15) is 33.6 Å². The first-order chi connectivity index (χ1) is 11.5. The van der Waals surface area contributed by atoms with E-state index in [0.717, 1.165) is 12.8 Å². The summed E-state index contributed by atoms with van der Waals surface area (Å²) in [6, 6.07) is 3.57. The van der Waals surface area contributed by atoms with E-state index < -0.39 is 0 Å². The molecule has 2 aromatic rings. The molecule has 1 aliphatic heterocycles. The molecule has 2 amide bonds. The molecule has 1 aliphatic rings. The highest BCUT2D eigenvalue weighted by Crippen LogP contribution is 2.22. The smallest absolute Gasteiger partial charge is 0.257 e. The number of likely N-dealkylation sites (tertiary alicyclic amines) is 1. The Morgan fingerprint density at radius 2 is 2.12 bits per heavy atom. The Balaban J connectivity index is 1.57. The number of thiophene rings is 1. The largest absolute Gasteiger partial charge is 0.349 e. The fraction of sp³-hybridized carbons (Fsp3) is 0.312. The van der Waals surface area contributed by atoms with Gasteiger partial charge in [0, 0.05) is 40.7 Å². The van der Waals surface area contributed by atoms with Crippen molar-refractivity contribution in [3.05, 3.63) is 49.8 Å². The summed E-state index contributed by atoms with van der Waals surface area (Å²) in [6.07, 6.45) is 3.01. The summed E-state index contributed by atoms with van der Waals surface area (Å²) in [5.41, 5.74) is 1.08. The minimum Gasteiger partial charge on any atom is -0.349 e. The zero-order chi connectivity index (χ0) is 17.1. The van der Waals surface area contributed by atoms with E-state index in [9.17, 15) is 9.59 Å². The van der Waals surface area contributed by atoms with Crippen molar-refractivity contribution in [1.29, 1.82) is 0 Å². The summed E-state index contributed by atoms with van der Waals surface area (Å²) in [7, 11) is 0. The summed E-state index contributed by atoms with van der Waals surface area (Å²) < 4.78 is 0.716. The second-order valence-corrected chi connectivity index (χ2v) is 7.60. The maximum absolute atomic E-state index is 12.6. The van der Waals surface area contributed by atoms with E-state index in [1.165, 1.54) is 11.3 Å². The molecule has 1 N–H and O–H groups in total. The highest BCUT2D eigenvalue weighted by atomic mass is 79.9. The number of halogens is 2. The molecule has 5 nitrogen and oxygen atoms in total. The lowest BCUT2D eigenvalue weighted by Gasteiger charge is -2.32. The predicted molar refractivity (Wildman–Crippen MR) is 97.7 cm³/mol. The van der Waals surface area contributed by atoms with Gasteiger partial charge in [-0.3, -0.25) is 9.59 Å². The summed E-state index contributed by atoms with van der Waals surface area (Å²) in [5, 5.41) is 6.94. The lowest BCUT2D eigenvalue weighted by Crippen LogP contribution is -2.46. The van der Waals surface area contributed by atoms with E-state index in [4.69, 9.17) is 11.6 Å². The van der Waals surface area contributed by atoms with Gasteiger partial charge >= 0.3 is 0 Å². The number of amides is 2. The van der Waals surface area contributed by atoms with Crippen LogP contribution in [0.4, 0.5) is 0 Å². The monoisotopic (exact) mass is 427 g/mol. The van der Waals surface area contributed by atoms with Crippen molar-refractivity contribution >= 4 is 50.7 Å². The quantitative estimate of drug-likeness (QED) is 0.760. The van der Waals surface area contributed by atoms with Crippen LogP contribution in [0, 0.1) is 0 Å². The van der Waals surface area contributed by atoms with Gasteiger partial charge in [-0.1, -0.05) is 11.6 Å². The van der Waals surface area contributed by atoms with Gasteiger partial charge in [0.1, 0.15) is 5.15 Å². The number of hydrogen-bond acceptors (Lipinski definition) is 4. The molecule has 0 aliphatic carbocycles. The summed E-state index contributed by atoms with van der Waals surface area (Å²) >= 11 is 10.8. The topological polar surface area (TPSA) is 62.3 Å². The van der Waals surface area contributed by atoms with Crippen LogP contribution < -0.4 is 5.32 Å². The average molecular weight is 429 g/mol. The molecule has 0 unspecified atom stereocenters. The first-order valence-electron chi connectivity index (χ1n) is 7.48. The van der Waals surface area contributed by atoms with Crippen molar-refractivity contribution in [3.63, 3.8) is 0 Å². The number of carbonyl (C=O) groups excluding carboxylic acids is 2. The molecule has 24 heavy (non-hydrogen) atoms. The van der Waals surface area contributed by atoms with Crippen LogP contribution in [0.3, 0.4) is 0 Å². The third kappa shape index (κ3) is 3.96. The molecule has 0 aromatic carbocycles. The van der Waals surface area contributed by atoms with Crippen LogP contribution in [0.15, 0.2) is 33.6 Å². The number of nitrogens with one attached hydrogen (secondary N) is 1. The molecule has 0 spiro atoms. The maximum atomic E-state index is 12.6. The lowest BCUT2D eigenvalue weighted by atomic mass is 10.0. The number of rotatable bonds is 3. The molecule has 1 saturated heterocycles. The third-order valence-electron chi connectivity index (χ3n) is 3.94. The molecular formula is C16H15BrClN3O2S. The normalized spacial score (nSPS) is 15.3. The Kier molecular flexibility index (Phi) is 5.53. The van der Waals surface area contributed by atoms with Gasteiger partial charge in [-0.15, -0.1) is 0 Å². The fourth-order valence-corrected chi connectivity index (χ4v) is 3.78. The Bertz CT molecular complexity index is 746. The zero-order valence-electron chi connectivity index (χ0n) is 12.7. The summed E-state index contributed by atoms with van der Waals surface area (Å²) in [6.45, 7) is 1.16. The van der Waals surface area contributed by atoms with Crippen molar-refractivity contribution in [1.82, 2.24) is 15.2 Å². The Morgan fingerprint density at radius 3 is 2.79 bits per heavy atom. The van der Waals surface area contributed by atoms with E-state index >= 15 is 0 Å². The molecule has 8 heteroatoms. The van der Waals surface area contributed by atoms with Gasteiger partial charge in [0.25, 0.3) is 11.8 Å². The van der Waals surface area contributed by atoms with Gasteiger partial charge < -0.3 is 10.2 Å². The first-order valence-corrected chi connectivity index (χ1v) is 9.59. The molecular weight excluding hydrogens is 414 g/mol. The maximum Gasteiger partial charge on any atom is 0.257 e. The van der Waals surface area contributed by atoms with Gasteiger partial charge in [0.15, 0.2) is 0 Å². The van der Waals surface area contributed by atoms with Crippen molar-refractivity contribution in [2.45, 2.75) is 18.9 Å². The van der Waals surface area contributed by atoms with E-state index in [2.05, 4.69) is 26.2 Å². The number of hydrogen-bond donors (Lipinski definition) is 1. The van der Waals surface area contributed by atoms with Crippen molar-refractivity contribution < 1.29 is 9.59 Å². The van der Waals surface area contributed by atoms with Crippen molar-refractivity contribution in [2.24, 2.45) is 0 Å². The third-order valence-corrected chi connectivity index (χ3v) is 5.35. The predicted octanol–water partition coefficient (Wildman–Crippen LogP) is 3.59. The SMILES string of the molecule is O=C(NC1CCN(C(=O)c2cc(Br)cnc2Cl)CC1)c1ccsc1. The standard InChI is InChI=1S/C16H15BrClN3O2S/c17-11-7-13(14(18)19-8-11)16(23)21-4-1-12(2-5-21)20-15(22)10-3-6-24-9-10/h3,6-9,12H,1-2,4-5H2,(H,20,22). The van der Waals surface area contributed by atoms with Crippen LogP contribution in [0.5, 0.6) is 0 Å². The Hall–Kier alpha value is -1.44. The zero-order valence-corrected chi connectivity index (χ0v) is 15.8. The number of nitrogens with zero attached hydrogens (tertiary/aromatic N) is 2. The van der Waals surface area contributed by atoms with Gasteiger partial charge in [0.05, 0.1) is 5.56 Å². The van der Waals surface area contributed by atoms with E-state index in [1.54, 1.807) is 23.2 Å². The second-order valence-electron chi connectivity index (χ2n) is 5.54. The van der Waals surface area contributed by atoms with Crippen LogP contribution in [-0.2, 0) is 0 Å². The molecule has 1 fully saturated rings. The molecule has 3 rings (SSSR count). The summed E-state index contributed by atoms with van der Waals surface area (Å²) in [5.74, 6) is -0.184. The molecule has 0 radical (unpaired) electrons. The molecule has 0 atom stereocenters. The Morgan fingerprint density at radius 1 is 1.38 bits per heavy atom. The number of aromatic nitrogens is 1. The van der Waals surface area contributed by atoms with Gasteiger partial charge in [-0.25, -0.2) is 4.98 Å². The van der Waals surface area contributed by atoms with Crippen LogP contribution >= 0.6 is 38.9 Å². The molecule has 126 valence electrons. The number of pyridine rings is 1. The number of carbonyl (C=O) groups is 2. The fourth-order valence-electron chi connectivity index (χ4n) is 2.63. The van der Waals surface area contributed by atoms with Crippen LogP contribution in [-0.4, -0.2) is 40.8 Å². The first kappa shape index (κ1) is 17.4. The highest BCUT2D eigenvalue weighted by Gasteiger charge is 2.26. The lowest BCUT2D eigenvalue weighted by molar-refractivity contribution is 0.0698. The average Bonchev–Trinajstić information content (AvgIpc) is 3.12. The van der Waals surface area contributed by atoms with Gasteiger partial charge in [-0.2, -0.15) is 11.3 Å². The summed E-state index contributed by atoms with van der Waals surface area (Å²) in [4.78, 5) is 30.4. The minimum absolute atomic E-state index is 0.0553. The molecule has 3 heterocycles. The second kappa shape index (κ2) is 7.63. The molecule has 2 aromatic heterocycles. The Labute approximate surface area is 157 Å². The van der Waals surface area contributed by atoms with Crippen molar-refractivity contribution in [3.8, 4) is 0 Å². The molecule has 0 saturated carbocycles. The van der Waals surface area contributed by atoms with E-state index in [0.29, 0.717) is 28.7 Å². The van der Waals surface area contributed by atoms with E-state index in [-0.39, 0.29) is 23.0 Å². The van der Waals surface area contributed by atoms with Crippen LogP contribution in [0.2, 0.25) is 5.15 Å². The minimum atomic E-state index is -0.128.